The second-order valence-electron chi connectivity index (χ2n) is 4.54. The third-order valence-electron chi connectivity index (χ3n) is 2.87. The summed E-state index contributed by atoms with van der Waals surface area (Å²) < 4.78 is 5.16. The number of ether oxygens (including phenoxy) is 1. The molecule has 0 aromatic carbocycles. The number of carbonyl (C=O) groups excluding carboxylic acids is 1. The summed E-state index contributed by atoms with van der Waals surface area (Å²) in [6, 6.07) is 0.392. The van der Waals surface area contributed by atoms with Crippen LogP contribution in [-0.4, -0.2) is 60.8 Å². The number of nitrogens with zero attached hydrogens (tertiary/aromatic N) is 2. The van der Waals surface area contributed by atoms with Gasteiger partial charge >= 0.3 is 6.09 Å². The molecule has 0 aliphatic carbocycles. The summed E-state index contributed by atoms with van der Waals surface area (Å²) in [5, 5.41) is 0. The fraction of sp³-hybridized carbons (Fsp3) is 0.909. The van der Waals surface area contributed by atoms with E-state index in [1.54, 1.807) is 4.90 Å². The van der Waals surface area contributed by atoms with E-state index in [1.807, 2.05) is 13.8 Å². The third-order valence-corrected chi connectivity index (χ3v) is 2.87. The molecule has 1 amide bonds. The standard InChI is InChI=1S/C11H23N3O2/c1-9(2)16-11(15)14-6-4-13(5-7-14)10(3)8-12/h9-10H,4-8,12H2,1-3H3. The summed E-state index contributed by atoms with van der Waals surface area (Å²) in [5.74, 6) is 0. The van der Waals surface area contributed by atoms with Gasteiger partial charge in [0.1, 0.15) is 0 Å². The molecule has 0 bridgehead atoms. The fourth-order valence-electron chi connectivity index (χ4n) is 1.77. The molecule has 5 heteroatoms. The van der Waals surface area contributed by atoms with Gasteiger partial charge in [0, 0.05) is 38.8 Å². The second-order valence-corrected chi connectivity index (χ2v) is 4.54. The highest BCUT2D eigenvalue weighted by Crippen LogP contribution is 2.07. The van der Waals surface area contributed by atoms with Gasteiger partial charge in [0.25, 0.3) is 0 Å². The monoisotopic (exact) mass is 229 g/mol. The normalized spacial score (nSPS) is 19.9. The van der Waals surface area contributed by atoms with E-state index in [2.05, 4.69) is 11.8 Å². The van der Waals surface area contributed by atoms with E-state index < -0.39 is 0 Å². The van der Waals surface area contributed by atoms with Gasteiger partial charge in [-0.2, -0.15) is 0 Å². The van der Waals surface area contributed by atoms with Crippen molar-refractivity contribution in [3.05, 3.63) is 0 Å². The minimum absolute atomic E-state index is 0.0477. The first kappa shape index (κ1) is 13.3. The Kier molecular flexibility index (Phi) is 5.02. The van der Waals surface area contributed by atoms with Gasteiger partial charge in [-0.05, 0) is 20.8 Å². The lowest BCUT2D eigenvalue weighted by Gasteiger charge is -2.37. The van der Waals surface area contributed by atoms with E-state index in [9.17, 15) is 4.79 Å². The Balaban J connectivity index is 2.34. The number of hydrogen-bond donors (Lipinski definition) is 1. The molecule has 1 saturated heterocycles. The molecule has 5 nitrogen and oxygen atoms in total. The van der Waals surface area contributed by atoms with Crippen molar-refractivity contribution < 1.29 is 9.53 Å². The van der Waals surface area contributed by atoms with Crippen molar-refractivity contribution in [1.82, 2.24) is 9.80 Å². The molecule has 1 fully saturated rings. The highest BCUT2D eigenvalue weighted by atomic mass is 16.6. The summed E-state index contributed by atoms with van der Waals surface area (Å²) in [6.45, 7) is 9.73. The van der Waals surface area contributed by atoms with E-state index >= 15 is 0 Å². The van der Waals surface area contributed by atoms with Crippen LogP contribution in [0.3, 0.4) is 0 Å². The number of hydrogen-bond acceptors (Lipinski definition) is 4. The van der Waals surface area contributed by atoms with Crippen LogP contribution in [0.4, 0.5) is 4.79 Å². The van der Waals surface area contributed by atoms with Gasteiger partial charge in [-0.3, -0.25) is 4.90 Å². The Hall–Kier alpha value is -0.810. The van der Waals surface area contributed by atoms with Gasteiger partial charge in [-0.15, -0.1) is 0 Å². The number of piperazine rings is 1. The lowest BCUT2D eigenvalue weighted by molar-refractivity contribution is 0.0506. The highest BCUT2D eigenvalue weighted by Gasteiger charge is 2.24. The minimum atomic E-state index is -0.199. The molecule has 0 saturated carbocycles. The van der Waals surface area contributed by atoms with Gasteiger partial charge in [-0.25, -0.2) is 4.79 Å². The summed E-state index contributed by atoms with van der Waals surface area (Å²) in [4.78, 5) is 15.7. The quantitative estimate of drug-likeness (QED) is 0.765. The first-order valence-electron chi connectivity index (χ1n) is 5.94. The van der Waals surface area contributed by atoms with Crippen LogP contribution in [0.15, 0.2) is 0 Å². The van der Waals surface area contributed by atoms with Crippen LogP contribution in [0.1, 0.15) is 20.8 Å². The molecule has 0 aromatic rings. The predicted octanol–water partition coefficient (Wildman–Crippen LogP) is 0.496. The number of nitrogens with two attached hydrogens (primary N) is 1. The summed E-state index contributed by atoms with van der Waals surface area (Å²) in [6.07, 6.45) is -0.247. The average molecular weight is 229 g/mol. The minimum Gasteiger partial charge on any atom is -0.447 e. The number of rotatable bonds is 3. The van der Waals surface area contributed by atoms with Gasteiger partial charge < -0.3 is 15.4 Å². The highest BCUT2D eigenvalue weighted by molar-refractivity contribution is 5.67. The predicted molar refractivity (Wildman–Crippen MR) is 63.3 cm³/mol. The van der Waals surface area contributed by atoms with E-state index in [4.69, 9.17) is 10.5 Å². The van der Waals surface area contributed by atoms with Crippen LogP contribution in [0.25, 0.3) is 0 Å². The van der Waals surface area contributed by atoms with Gasteiger partial charge in [0.15, 0.2) is 0 Å². The molecule has 0 spiro atoms. The molecule has 16 heavy (non-hydrogen) atoms. The third kappa shape index (κ3) is 3.64. The molecule has 1 atom stereocenters. The molecular weight excluding hydrogens is 206 g/mol. The SMILES string of the molecule is CC(C)OC(=O)N1CCN(C(C)CN)CC1. The topological polar surface area (TPSA) is 58.8 Å². The molecule has 0 aromatic heterocycles. The molecule has 1 unspecified atom stereocenters. The Morgan fingerprint density at radius 2 is 1.81 bits per heavy atom. The van der Waals surface area contributed by atoms with Crippen molar-refractivity contribution in [2.75, 3.05) is 32.7 Å². The summed E-state index contributed by atoms with van der Waals surface area (Å²) in [5.41, 5.74) is 5.62. The van der Waals surface area contributed by atoms with Crippen LogP contribution < -0.4 is 5.73 Å². The number of carbonyl (C=O) groups is 1. The van der Waals surface area contributed by atoms with Crippen LogP contribution >= 0.6 is 0 Å². The maximum Gasteiger partial charge on any atom is 0.410 e. The van der Waals surface area contributed by atoms with E-state index in [0.29, 0.717) is 12.6 Å². The second kappa shape index (κ2) is 6.06. The van der Waals surface area contributed by atoms with Crippen molar-refractivity contribution in [3.8, 4) is 0 Å². The maximum atomic E-state index is 11.6. The Morgan fingerprint density at radius 3 is 2.25 bits per heavy atom. The van der Waals surface area contributed by atoms with E-state index in [1.165, 1.54) is 0 Å². The zero-order valence-corrected chi connectivity index (χ0v) is 10.5. The molecule has 2 N–H and O–H groups in total. The van der Waals surface area contributed by atoms with E-state index in [0.717, 1.165) is 26.2 Å². The Labute approximate surface area is 97.5 Å². The lowest BCUT2D eigenvalue weighted by Crippen LogP contribution is -2.53. The number of amides is 1. The van der Waals surface area contributed by atoms with E-state index in [-0.39, 0.29) is 12.2 Å². The van der Waals surface area contributed by atoms with Gasteiger partial charge in [0.2, 0.25) is 0 Å². The van der Waals surface area contributed by atoms with Gasteiger partial charge in [-0.1, -0.05) is 0 Å². The lowest BCUT2D eigenvalue weighted by atomic mass is 10.2. The van der Waals surface area contributed by atoms with Gasteiger partial charge in [0.05, 0.1) is 6.10 Å². The molecule has 1 aliphatic heterocycles. The molecule has 1 heterocycles. The zero-order valence-electron chi connectivity index (χ0n) is 10.5. The molecule has 1 aliphatic rings. The van der Waals surface area contributed by atoms with Crippen LogP contribution in [-0.2, 0) is 4.74 Å². The van der Waals surface area contributed by atoms with Crippen LogP contribution in [0, 0.1) is 0 Å². The summed E-state index contributed by atoms with van der Waals surface area (Å²) in [7, 11) is 0. The average Bonchev–Trinajstić information content (AvgIpc) is 2.27. The van der Waals surface area contributed by atoms with Crippen molar-refractivity contribution in [2.24, 2.45) is 5.73 Å². The van der Waals surface area contributed by atoms with Crippen molar-refractivity contribution in [1.29, 1.82) is 0 Å². The molecule has 1 rings (SSSR count). The van der Waals surface area contributed by atoms with Crippen molar-refractivity contribution >= 4 is 6.09 Å². The molecule has 94 valence electrons. The maximum absolute atomic E-state index is 11.6. The van der Waals surface area contributed by atoms with Crippen LogP contribution in [0.5, 0.6) is 0 Å². The molecule has 0 radical (unpaired) electrons. The zero-order chi connectivity index (χ0) is 12.1. The Morgan fingerprint density at radius 1 is 1.25 bits per heavy atom. The first-order chi connectivity index (χ1) is 7.54. The van der Waals surface area contributed by atoms with Crippen molar-refractivity contribution in [3.63, 3.8) is 0 Å². The Bertz CT molecular complexity index is 225. The first-order valence-corrected chi connectivity index (χ1v) is 5.94. The molecular formula is C11H23N3O2. The summed E-state index contributed by atoms with van der Waals surface area (Å²) >= 11 is 0. The smallest absolute Gasteiger partial charge is 0.410 e. The van der Waals surface area contributed by atoms with Crippen molar-refractivity contribution in [2.45, 2.75) is 32.9 Å². The van der Waals surface area contributed by atoms with Crippen LogP contribution in [0.2, 0.25) is 0 Å². The largest absolute Gasteiger partial charge is 0.447 e. The fourth-order valence-corrected chi connectivity index (χ4v) is 1.77.